The lowest BCUT2D eigenvalue weighted by Gasteiger charge is -2.52. The number of Topliss-reactive ketones (excluding diaryl/α,β-unsaturated/α-hetero) is 1. The third kappa shape index (κ3) is 3.08. The van der Waals surface area contributed by atoms with Crippen LogP contribution in [0, 0.1) is 11.3 Å². The van der Waals surface area contributed by atoms with Crippen molar-refractivity contribution in [2.24, 2.45) is 11.3 Å². The maximum absolute atomic E-state index is 12.7. The highest BCUT2D eigenvalue weighted by Crippen LogP contribution is 2.55. The number of carbonyl (C=O) groups is 2. The SMILES string of the molecule is CC(C)(C)OC(=O)N1CC[C@H]2CC(=O)C[C@@H]3N4CCCC=C[C@H]4C[C@]23C1. The largest absolute Gasteiger partial charge is 0.444 e. The Hall–Kier alpha value is -1.36. The Morgan fingerprint density at radius 1 is 1.27 bits per heavy atom. The Morgan fingerprint density at radius 2 is 2.08 bits per heavy atom. The lowest BCUT2D eigenvalue weighted by Crippen LogP contribution is -2.59. The van der Waals surface area contributed by atoms with Gasteiger partial charge in [-0.15, -0.1) is 0 Å². The third-order valence-electron chi connectivity index (χ3n) is 6.82. The standard InChI is InChI=1S/C21H32N2O3/c1-20(2,3)26-19(25)22-10-8-15-11-17(24)12-18-21(15,14-22)13-16-7-5-4-6-9-23(16)18/h5,7,15-16,18H,4,6,8-14H2,1-3H3/t15-,16-,18-,21-/m0/s1. The Balaban J connectivity index is 1.61. The summed E-state index contributed by atoms with van der Waals surface area (Å²) in [4.78, 5) is 29.7. The van der Waals surface area contributed by atoms with Gasteiger partial charge in [-0.3, -0.25) is 9.69 Å². The van der Waals surface area contributed by atoms with Gasteiger partial charge in [0.2, 0.25) is 0 Å². The van der Waals surface area contributed by atoms with Crippen LogP contribution in [-0.2, 0) is 9.53 Å². The van der Waals surface area contributed by atoms with Crippen LogP contribution in [0.1, 0.15) is 59.3 Å². The maximum Gasteiger partial charge on any atom is 0.410 e. The second kappa shape index (κ2) is 6.36. The minimum absolute atomic E-state index is 0.0510. The lowest BCUT2D eigenvalue weighted by molar-refractivity contribution is -0.130. The molecule has 4 aliphatic rings. The molecular weight excluding hydrogens is 328 g/mol. The molecule has 0 N–H and O–H groups in total. The number of nitrogens with zero attached hydrogens (tertiary/aromatic N) is 2. The van der Waals surface area contributed by atoms with Crippen LogP contribution in [0.5, 0.6) is 0 Å². The first kappa shape index (κ1) is 18.0. The molecule has 0 aromatic carbocycles. The predicted molar refractivity (Wildman–Crippen MR) is 99.9 cm³/mol. The van der Waals surface area contributed by atoms with Gasteiger partial charge in [-0.05, 0) is 58.9 Å². The number of ether oxygens (including phenoxy) is 1. The molecule has 26 heavy (non-hydrogen) atoms. The van der Waals surface area contributed by atoms with Crippen LogP contribution in [-0.4, -0.2) is 59.0 Å². The first-order chi connectivity index (χ1) is 12.3. The van der Waals surface area contributed by atoms with Gasteiger partial charge in [-0.1, -0.05) is 12.2 Å². The van der Waals surface area contributed by atoms with Crippen LogP contribution < -0.4 is 0 Å². The number of fused-ring (bicyclic) bond motifs is 2. The molecule has 0 aromatic heterocycles. The molecule has 3 aliphatic heterocycles. The molecule has 1 amide bonds. The van der Waals surface area contributed by atoms with E-state index in [0.29, 0.717) is 37.1 Å². The molecule has 1 aliphatic carbocycles. The summed E-state index contributed by atoms with van der Waals surface area (Å²) in [7, 11) is 0. The highest BCUT2D eigenvalue weighted by molar-refractivity contribution is 5.81. The highest BCUT2D eigenvalue weighted by atomic mass is 16.6. The van der Waals surface area contributed by atoms with E-state index in [9.17, 15) is 9.59 Å². The zero-order chi connectivity index (χ0) is 18.5. The zero-order valence-corrected chi connectivity index (χ0v) is 16.4. The van der Waals surface area contributed by atoms with E-state index in [1.807, 2.05) is 25.7 Å². The van der Waals surface area contributed by atoms with E-state index in [2.05, 4.69) is 17.1 Å². The van der Waals surface area contributed by atoms with E-state index in [1.165, 1.54) is 0 Å². The molecule has 1 saturated carbocycles. The van der Waals surface area contributed by atoms with Crippen LogP contribution in [0.25, 0.3) is 0 Å². The van der Waals surface area contributed by atoms with E-state index < -0.39 is 5.60 Å². The second-order valence-corrected chi connectivity index (χ2v) is 9.66. The molecule has 1 spiro atoms. The van der Waals surface area contributed by atoms with Gasteiger partial charge in [0.25, 0.3) is 0 Å². The number of rotatable bonds is 0. The molecule has 0 aromatic rings. The normalized spacial score (nSPS) is 37.6. The first-order valence-corrected chi connectivity index (χ1v) is 10.2. The minimum Gasteiger partial charge on any atom is -0.444 e. The van der Waals surface area contributed by atoms with Crippen molar-refractivity contribution in [3.05, 3.63) is 12.2 Å². The molecule has 0 bridgehead atoms. The fourth-order valence-electron chi connectivity index (χ4n) is 5.80. The summed E-state index contributed by atoms with van der Waals surface area (Å²) >= 11 is 0. The average molecular weight is 360 g/mol. The van der Waals surface area contributed by atoms with Gasteiger partial charge in [0.15, 0.2) is 0 Å². The van der Waals surface area contributed by atoms with Crippen molar-refractivity contribution in [2.45, 2.75) is 77.0 Å². The lowest BCUT2D eigenvalue weighted by atomic mass is 9.59. The molecule has 2 saturated heterocycles. The Kier molecular flexibility index (Phi) is 4.41. The van der Waals surface area contributed by atoms with Crippen LogP contribution in [0.15, 0.2) is 12.2 Å². The number of carbonyl (C=O) groups excluding carboxylic acids is 2. The Bertz CT molecular complexity index is 623. The van der Waals surface area contributed by atoms with E-state index in [-0.39, 0.29) is 17.6 Å². The van der Waals surface area contributed by atoms with Crippen molar-refractivity contribution < 1.29 is 14.3 Å². The molecule has 3 fully saturated rings. The van der Waals surface area contributed by atoms with E-state index in [4.69, 9.17) is 4.74 Å². The topological polar surface area (TPSA) is 49.9 Å². The molecule has 4 atom stereocenters. The van der Waals surface area contributed by atoms with Crippen molar-refractivity contribution in [1.29, 1.82) is 0 Å². The summed E-state index contributed by atoms with van der Waals surface area (Å²) in [5.74, 6) is 0.822. The first-order valence-electron chi connectivity index (χ1n) is 10.2. The van der Waals surface area contributed by atoms with E-state index in [0.717, 1.165) is 38.8 Å². The summed E-state index contributed by atoms with van der Waals surface area (Å²) < 4.78 is 5.65. The van der Waals surface area contributed by atoms with Crippen LogP contribution in [0.2, 0.25) is 0 Å². The van der Waals surface area contributed by atoms with Crippen molar-refractivity contribution in [1.82, 2.24) is 9.80 Å². The van der Waals surface area contributed by atoms with E-state index >= 15 is 0 Å². The smallest absolute Gasteiger partial charge is 0.410 e. The van der Waals surface area contributed by atoms with Gasteiger partial charge in [0, 0.05) is 43.4 Å². The molecule has 144 valence electrons. The summed E-state index contributed by atoms with van der Waals surface area (Å²) in [5.41, 5.74) is -0.420. The summed E-state index contributed by atoms with van der Waals surface area (Å²) in [6.07, 6.45) is 10.1. The monoisotopic (exact) mass is 360 g/mol. The predicted octanol–water partition coefficient (Wildman–Crippen LogP) is 3.39. The van der Waals surface area contributed by atoms with Gasteiger partial charge < -0.3 is 9.64 Å². The van der Waals surface area contributed by atoms with Gasteiger partial charge in [0.05, 0.1) is 0 Å². The fourth-order valence-corrected chi connectivity index (χ4v) is 5.80. The van der Waals surface area contributed by atoms with Crippen LogP contribution in [0.3, 0.4) is 0 Å². The minimum atomic E-state index is -0.471. The molecule has 0 radical (unpaired) electrons. The number of hydrogen-bond donors (Lipinski definition) is 0. The average Bonchev–Trinajstić information content (AvgIpc) is 2.69. The number of hydrogen-bond acceptors (Lipinski definition) is 4. The van der Waals surface area contributed by atoms with Gasteiger partial charge in [0.1, 0.15) is 11.4 Å². The zero-order valence-electron chi connectivity index (χ0n) is 16.4. The summed E-state index contributed by atoms with van der Waals surface area (Å²) in [6, 6.07) is 0.709. The number of likely N-dealkylation sites (tertiary alicyclic amines) is 1. The van der Waals surface area contributed by atoms with Crippen LogP contribution in [0.4, 0.5) is 4.79 Å². The number of piperidine rings is 1. The molecule has 4 rings (SSSR count). The van der Waals surface area contributed by atoms with Gasteiger partial charge in [-0.2, -0.15) is 0 Å². The fraction of sp³-hybridized carbons (Fsp3) is 0.810. The molecular formula is C21H32N2O3. The second-order valence-electron chi connectivity index (χ2n) is 9.66. The molecule has 5 nitrogen and oxygen atoms in total. The number of ketones is 1. The van der Waals surface area contributed by atoms with Crippen molar-refractivity contribution in [3.63, 3.8) is 0 Å². The van der Waals surface area contributed by atoms with Crippen LogP contribution >= 0.6 is 0 Å². The highest BCUT2D eigenvalue weighted by Gasteiger charge is 2.60. The van der Waals surface area contributed by atoms with Crippen molar-refractivity contribution in [2.75, 3.05) is 19.6 Å². The molecule has 0 unspecified atom stereocenters. The maximum atomic E-state index is 12.7. The number of amides is 1. The number of allylic oxidation sites excluding steroid dienone is 1. The van der Waals surface area contributed by atoms with Crippen molar-refractivity contribution in [3.8, 4) is 0 Å². The Morgan fingerprint density at radius 3 is 2.85 bits per heavy atom. The molecule has 5 heteroatoms. The van der Waals surface area contributed by atoms with E-state index in [1.54, 1.807) is 0 Å². The summed E-state index contributed by atoms with van der Waals surface area (Å²) in [5, 5.41) is 0. The third-order valence-corrected chi connectivity index (χ3v) is 6.82. The molecule has 3 heterocycles. The van der Waals surface area contributed by atoms with Crippen molar-refractivity contribution >= 4 is 11.9 Å². The summed E-state index contributed by atoms with van der Waals surface area (Å²) in [6.45, 7) is 8.27. The quantitative estimate of drug-likeness (QED) is 0.622. The Labute approximate surface area is 156 Å². The van der Waals surface area contributed by atoms with Gasteiger partial charge >= 0.3 is 6.09 Å². The van der Waals surface area contributed by atoms with Gasteiger partial charge in [-0.25, -0.2) is 4.79 Å².